The number of ether oxygens (including phenoxy) is 2. The predicted molar refractivity (Wildman–Crippen MR) is 65.3 cm³/mol. The monoisotopic (exact) mass is 234 g/mol. The van der Waals surface area contributed by atoms with E-state index < -0.39 is 0 Å². The van der Waals surface area contributed by atoms with Gasteiger partial charge in [-0.25, -0.2) is 0 Å². The number of carbonyl (C=O) groups excluding carboxylic acids is 1. The van der Waals surface area contributed by atoms with E-state index >= 15 is 0 Å². The van der Waals surface area contributed by atoms with Gasteiger partial charge in [0, 0.05) is 19.3 Å². The number of rotatable bonds is 4. The van der Waals surface area contributed by atoms with Gasteiger partial charge in [-0.15, -0.1) is 0 Å². The Hall–Kier alpha value is -1.35. The van der Waals surface area contributed by atoms with Crippen molar-refractivity contribution >= 4 is 5.78 Å². The molecule has 0 amide bonds. The standard InChI is InChI=1S/C14H18O3/c1-11(15)10-12-2-4-13(5-3-12)17-14-6-8-16-9-7-14/h2-5,14H,6-10H2,1H3. The molecule has 0 aromatic heterocycles. The number of Topliss-reactive ketones (excluding diaryl/α,β-unsaturated/α-hetero) is 1. The molecule has 1 aromatic rings. The van der Waals surface area contributed by atoms with E-state index in [-0.39, 0.29) is 11.9 Å². The molecular weight excluding hydrogens is 216 g/mol. The minimum atomic E-state index is 0.183. The molecule has 0 saturated carbocycles. The van der Waals surface area contributed by atoms with Gasteiger partial charge in [-0.3, -0.25) is 4.79 Å². The normalized spacial score (nSPS) is 16.8. The minimum Gasteiger partial charge on any atom is -0.490 e. The van der Waals surface area contributed by atoms with Crippen LogP contribution in [0.25, 0.3) is 0 Å². The second kappa shape index (κ2) is 5.82. The highest BCUT2D eigenvalue weighted by molar-refractivity contribution is 5.78. The molecule has 3 nitrogen and oxygen atoms in total. The molecule has 0 spiro atoms. The van der Waals surface area contributed by atoms with E-state index in [4.69, 9.17) is 9.47 Å². The Morgan fingerprint density at radius 2 is 1.94 bits per heavy atom. The average molecular weight is 234 g/mol. The minimum absolute atomic E-state index is 0.183. The largest absolute Gasteiger partial charge is 0.490 e. The molecule has 0 unspecified atom stereocenters. The Bertz CT molecular complexity index is 364. The van der Waals surface area contributed by atoms with Crippen molar-refractivity contribution in [2.75, 3.05) is 13.2 Å². The fourth-order valence-electron chi connectivity index (χ4n) is 1.96. The zero-order chi connectivity index (χ0) is 12.1. The molecule has 1 saturated heterocycles. The topological polar surface area (TPSA) is 35.5 Å². The van der Waals surface area contributed by atoms with E-state index in [2.05, 4.69) is 0 Å². The lowest BCUT2D eigenvalue weighted by atomic mass is 10.1. The van der Waals surface area contributed by atoms with Crippen LogP contribution < -0.4 is 4.74 Å². The fraction of sp³-hybridized carbons (Fsp3) is 0.500. The first-order valence-corrected chi connectivity index (χ1v) is 6.07. The van der Waals surface area contributed by atoms with Crippen molar-refractivity contribution in [3.8, 4) is 5.75 Å². The molecule has 17 heavy (non-hydrogen) atoms. The van der Waals surface area contributed by atoms with Crippen LogP contribution >= 0.6 is 0 Å². The van der Waals surface area contributed by atoms with E-state index in [0.29, 0.717) is 6.42 Å². The maximum atomic E-state index is 11.0. The van der Waals surface area contributed by atoms with Gasteiger partial charge in [-0.05, 0) is 24.6 Å². The first-order valence-electron chi connectivity index (χ1n) is 6.07. The summed E-state index contributed by atoms with van der Waals surface area (Å²) in [5.41, 5.74) is 1.04. The van der Waals surface area contributed by atoms with Gasteiger partial charge in [-0.2, -0.15) is 0 Å². The number of ketones is 1. The highest BCUT2D eigenvalue weighted by Crippen LogP contribution is 2.18. The number of carbonyl (C=O) groups is 1. The van der Waals surface area contributed by atoms with Gasteiger partial charge in [0.15, 0.2) is 0 Å². The lowest BCUT2D eigenvalue weighted by molar-refractivity contribution is -0.116. The summed E-state index contributed by atoms with van der Waals surface area (Å²) in [6.45, 7) is 3.17. The van der Waals surface area contributed by atoms with Crippen LogP contribution in [0.1, 0.15) is 25.3 Å². The second-order valence-electron chi connectivity index (χ2n) is 4.45. The maximum absolute atomic E-state index is 11.0. The van der Waals surface area contributed by atoms with Crippen LogP contribution in [-0.4, -0.2) is 25.1 Å². The highest BCUT2D eigenvalue weighted by Gasteiger charge is 2.14. The maximum Gasteiger partial charge on any atom is 0.134 e. The molecule has 3 heteroatoms. The smallest absolute Gasteiger partial charge is 0.134 e. The summed E-state index contributed by atoms with van der Waals surface area (Å²) in [7, 11) is 0. The molecule has 1 fully saturated rings. The van der Waals surface area contributed by atoms with E-state index in [1.807, 2.05) is 24.3 Å². The highest BCUT2D eigenvalue weighted by atomic mass is 16.5. The molecule has 92 valence electrons. The Kier molecular flexibility index (Phi) is 4.15. The lowest BCUT2D eigenvalue weighted by Gasteiger charge is -2.23. The van der Waals surface area contributed by atoms with Crippen LogP contribution in [0.2, 0.25) is 0 Å². The summed E-state index contributed by atoms with van der Waals surface area (Å²) < 4.78 is 11.1. The van der Waals surface area contributed by atoms with Crippen molar-refractivity contribution in [3.05, 3.63) is 29.8 Å². The van der Waals surface area contributed by atoms with E-state index in [1.54, 1.807) is 6.92 Å². The summed E-state index contributed by atoms with van der Waals surface area (Å²) in [4.78, 5) is 11.0. The van der Waals surface area contributed by atoms with Crippen LogP contribution in [0.3, 0.4) is 0 Å². The molecule has 1 aromatic carbocycles. The van der Waals surface area contributed by atoms with Gasteiger partial charge in [0.25, 0.3) is 0 Å². The number of hydrogen-bond donors (Lipinski definition) is 0. The van der Waals surface area contributed by atoms with Crippen molar-refractivity contribution in [2.24, 2.45) is 0 Å². The van der Waals surface area contributed by atoms with E-state index in [0.717, 1.165) is 37.4 Å². The number of hydrogen-bond acceptors (Lipinski definition) is 3. The molecule has 0 N–H and O–H groups in total. The summed E-state index contributed by atoms with van der Waals surface area (Å²) in [6.07, 6.45) is 2.67. The van der Waals surface area contributed by atoms with Crippen LogP contribution in [0.5, 0.6) is 5.75 Å². The average Bonchev–Trinajstić information content (AvgIpc) is 2.32. The van der Waals surface area contributed by atoms with Crippen molar-refractivity contribution in [1.82, 2.24) is 0 Å². The summed E-state index contributed by atoms with van der Waals surface area (Å²) in [5.74, 6) is 1.06. The van der Waals surface area contributed by atoms with Crippen LogP contribution in [0.4, 0.5) is 0 Å². The molecule has 1 aliphatic heterocycles. The van der Waals surface area contributed by atoms with E-state index in [9.17, 15) is 4.79 Å². The van der Waals surface area contributed by atoms with Crippen molar-refractivity contribution in [3.63, 3.8) is 0 Å². The number of benzene rings is 1. The molecule has 0 atom stereocenters. The van der Waals surface area contributed by atoms with Gasteiger partial charge >= 0.3 is 0 Å². The first kappa shape index (κ1) is 12.1. The Morgan fingerprint density at radius 3 is 2.53 bits per heavy atom. The third-order valence-corrected chi connectivity index (χ3v) is 2.85. The second-order valence-corrected chi connectivity index (χ2v) is 4.45. The van der Waals surface area contributed by atoms with Gasteiger partial charge in [0.05, 0.1) is 13.2 Å². The molecule has 2 rings (SSSR count). The molecular formula is C14H18O3. The Morgan fingerprint density at radius 1 is 1.29 bits per heavy atom. The Labute approximate surface area is 102 Å². The van der Waals surface area contributed by atoms with Crippen LogP contribution in [0, 0.1) is 0 Å². The first-order chi connectivity index (χ1) is 8.24. The zero-order valence-corrected chi connectivity index (χ0v) is 10.1. The predicted octanol–water partition coefficient (Wildman–Crippen LogP) is 2.38. The summed E-state index contributed by atoms with van der Waals surface area (Å²) in [6, 6.07) is 7.79. The van der Waals surface area contributed by atoms with Crippen molar-refractivity contribution in [1.29, 1.82) is 0 Å². The van der Waals surface area contributed by atoms with Crippen molar-refractivity contribution in [2.45, 2.75) is 32.3 Å². The molecule has 0 bridgehead atoms. The van der Waals surface area contributed by atoms with Crippen LogP contribution in [-0.2, 0) is 16.0 Å². The fourth-order valence-corrected chi connectivity index (χ4v) is 1.96. The van der Waals surface area contributed by atoms with Crippen molar-refractivity contribution < 1.29 is 14.3 Å². The zero-order valence-electron chi connectivity index (χ0n) is 10.1. The summed E-state index contributed by atoms with van der Waals surface area (Å²) in [5, 5.41) is 0. The Balaban J connectivity index is 1.90. The van der Waals surface area contributed by atoms with Gasteiger partial charge < -0.3 is 9.47 Å². The van der Waals surface area contributed by atoms with Gasteiger partial charge in [0.1, 0.15) is 17.6 Å². The molecule has 1 heterocycles. The SMILES string of the molecule is CC(=O)Cc1ccc(OC2CCOCC2)cc1. The molecule has 0 radical (unpaired) electrons. The summed E-state index contributed by atoms with van der Waals surface area (Å²) >= 11 is 0. The van der Waals surface area contributed by atoms with Crippen LogP contribution in [0.15, 0.2) is 24.3 Å². The molecule has 1 aliphatic rings. The molecule has 0 aliphatic carbocycles. The van der Waals surface area contributed by atoms with Gasteiger partial charge in [0.2, 0.25) is 0 Å². The third-order valence-electron chi connectivity index (χ3n) is 2.85. The van der Waals surface area contributed by atoms with Gasteiger partial charge in [-0.1, -0.05) is 12.1 Å². The third kappa shape index (κ3) is 3.86. The lowest BCUT2D eigenvalue weighted by Crippen LogP contribution is -2.25. The van der Waals surface area contributed by atoms with E-state index in [1.165, 1.54) is 0 Å². The quantitative estimate of drug-likeness (QED) is 0.802.